The first-order valence-corrected chi connectivity index (χ1v) is 6.95. The van der Waals surface area contributed by atoms with Crippen molar-refractivity contribution in [3.63, 3.8) is 0 Å². The monoisotopic (exact) mass is 239 g/mol. The summed E-state index contributed by atoms with van der Waals surface area (Å²) in [6, 6.07) is 0. The maximum absolute atomic E-state index is 11.9. The molecule has 0 aromatic rings. The van der Waals surface area contributed by atoms with Gasteiger partial charge in [-0.1, -0.05) is 13.8 Å². The molecule has 2 aliphatic rings. The molecule has 3 heteroatoms. The summed E-state index contributed by atoms with van der Waals surface area (Å²) in [4.78, 5) is 11.9. The van der Waals surface area contributed by atoms with Gasteiger partial charge in [-0.3, -0.25) is 4.79 Å². The molecular formula is C14H25NO2. The van der Waals surface area contributed by atoms with Crippen molar-refractivity contribution in [2.75, 3.05) is 19.8 Å². The highest BCUT2D eigenvalue weighted by molar-refractivity contribution is 5.78. The zero-order valence-electron chi connectivity index (χ0n) is 11.1. The maximum atomic E-state index is 11.9. The summed E-state index contributed by atoms with van der Waals surface area (Å²) in [5.74, 6) is 1.17. The van der Waals surface area contributed by atoms with Gasteiger partial charge < -0.3 is 10.1 Å². The maximum Gasteiger partial charge on any atom is 0.225 e. The second kappa shape index (κ2) is 5.38. The number of amides is 1. The van der Waals surface area contributed by atoms with Crippen molar-refractivity contribution in [1.82, 2.24) is 5.32 Å². The summed E-state index contributed by atoms with van der Waals surface area (Å²) in [5, 5.41) is 3.07. The van der Waals surface area contributed by atoms with Crippen molar-refractivity contribution in [2.24, 2.45) is 17.3 Å². The van der Waals surface area contributed by atoms with Crippen LogP contribution in [0.4, 0.5) is 0 Å². The number of rotatable bonds is 5. The van der Waals surface area contributed by atoms with Gasteiger partial charge in [-0.25, -0.2) is 0 Å². The molecule has 1 heterocycles. The average molecular weight is 239 g/mol. The molecule has 0 unspecified atom stereocenters. The van der Waals surface area contributed by atoms with Gasteiger partial charge in [0.1, 0.15) is 0 Å². The number of hydrogen-bond donors (Lipinski definition) is 1. The molecule has 1 N–H and O–H groups in total. The van der Waals surface area contributed by atoms with Gasteiger partial charge in [0.25, 0.3) is 0 Å². The van der Waals surface area contributed by atoms with Gasteiger partial charge >= 0.3 is 0 Å². The predicted octanol–water partition coefficient (Wildman–Crippen LogP) is 2.36. The van der Waals surface area contributed by atoms with Gasteiger partial charge in [0, 0.05) is 13.2 Å². The Morgan fingerprint density at radius 1 is 1.35 bits per heavy atom. The van der Waals surface area contributed by atoms with Gasteiger partial charge in [0.05, 0.1) is 12.5 Å². The molecule has 1 saturated heterocycles. The number of carbonyl (C=O) groups excluding carboxylic acids is 1. The third-order valence-corrected chi connectivity index (χ3v) is 4.28. The summed E-state index contributed by atoms with van der Waals surface area (Å²) >= 11 is 0. The van der Waals surface area contributed by atoms with Gasteiger partial charge in [0.15, 0.2) is 0 Å². The minimum absolute atomic E-state index is 0.0905. The minimum Gasteiger partial charge on any atom is -0.381 e. The Labute approximate surface area is 104 Å². The fourth-order valence-electron chi connectivity index (χ4n) is 2.67. The van der Waals surface area contributed by atoms with Crippen LogP contribution in [0.1, 0.15) is 46.0 Å². The first-order valence-electron chi connectivity index (χ1n) is 6.95. The van der Waals surface area contributed by atoms with E-state index in [0.717, 1.165) is 38.3 Å². The summed E-state index contributed by atoms with van der Waals surface area (Å²) in [6.45, 7) is 6.89. The predicted molar refractivity (Wildman–Crippen MR) is 67.7 cm³/mol. The van der Waals surface area contributed by atoms with Crippen LogP contribution in [0.15, 0.2) is 0 Å². The highest BCUT2D eigenvalue weighted by Crippen LogP contribution is 2.46. The second-order valence-electron chi connectivity index (χ2n) is 6.22. The molecule has 3 nitrogen and oxygen atoms in total. The van der Waals surface area contributed by atoms with E-state index >= 15 is 0 Å². The summed E-state index contributed by atoms with van der Waals surface area (Å²) in [6.07, 6.45) is 5.84. The summed E-state index contributed by atoms with van der Waals surface area (Å²) in [5.41, 5.74) is 0.399. The molecule has 0 bridgehead atoms. The first-order chi connectivity index (χ1) is 8.09. The molecule has 1 amide bonds. The quantitative estimate of drug-likeness (QED) is 0.800. The highest BCUT2D eigenvalue weighted by Gasteiger charge is 2.37. The second-order valence-corrected chi connectivity index (χ2v) is 6.22. The van der Waals surface area contributed by atoms with Gasteiger partial charge in [-0.2, -0.15) is 0 Å². The van der Waals surface area contributed by atoms with Gasteiger partial charge in [-0.05, 0) is 43.4 Å². The van der Waals surface area contributed by atoms with E-state index in [1.165, 1.54) is 12.8 Å². The molecule has 0 spiro atoms. The Kier molecular flexibility index (Phi) is 4.08. The highest BCUT2D eigenvalue weighted by atomic mass is 16.5. The molecule has 1 aliphatic carbocycles. The Morgan fingerprint density at radius 2 is 2.12 bits per heavy atom. The third kappa shape index (κ3) is 3.70. The normalized spacial score (nSPS) is 25.6. The van der Waals surface area contributed by atoms with E-state index in [0.29, 0.717) is 12.0 Å². The molecule has 1 saturated carbocycles. The van der Waals surface area contributed by atoms with Crippen molar-refractivity contribution in [2.45, 2.75) is 46.0 Å². The van der Waals surface area contributed by atoms with E-state index in [2.05, 4.69) is 19.2 Å². The largest absolute Gasteiger partial charge is 0.381 e. The van der Waals surface area contributed by atoms with Gasteiger partial charge in [0.2, 0.25) is 5.91 Å². The van der Waals surface area contributed by atoms with Crippen LogP contribution < -0.4 is 5.32 Å². The first kappa shape index (κ1) is 12.9. The van der Waals surface area contributed by atoms with E-state index in [-0.39, 0.29) is 11.8 Å². The fraction of sp³-hybridized carbons (Fsp3) is 0.929. The van der Waals surface area contributed by atoms with Crippen molar-refractivity contribution >= 4 is 5.91 Å². The number of ether oxygens (including phenoxy) is 1. The number of carbonyl (C=O) groups is 1. The summed E-state index contributed by atoms with van der Waals surface area (Å²) < 4.78 is 5.34. The minimum atomic E-state index is 0.0905. The van der Waals surface area contributed by atoms with Gasteiger partial charge in [-0.15, -0.1) is 0 Å². The van der Waals surface area contributed by atoms with Crippen molar-refractivity contribution in [3.05, 3.63) is 0 Å². The molecule has 2 rings (SSSR count). The molecule has 0 aromatic heterocycles. The number of nitrogens with one attached hydrogen (secondary N) is 1. The van der Waals surface area contributed by atoms with Crippen LogP contribution in [0.3, 0.4) is 0 Å². The molecule has 1 atom stereocenters. The molecule has 0 radical (unpaired) electrons. The Balaban J connectivity index is 1.65. The fourth-order valence-corrected chi connectivity index (χ4v) is 2.67. The van der Waals surface area contributed by atoms with Crippen LogP contribution in [0.25, 0.3) is 0 Å². The van der Waals surface area contributed by atoms with Crippen LogP contribution in [-0.2, 0) is 9.53 Å². The smallest absolute Gasteiger partial charge is 0.225 e. The van der Waals surface area contributed by atoms with Crippen LogP contribution in [0, 0.1) is 17.3 Å². The topological polar surface area (TPSA) is 38.3 Å². The van der Waals surface area contributed by atoms with Crippen LogP contribution in [0.2, 0.25) is 0 Å². The van der Waals surface area contributed by atoms with E-state index < -0.39 is 0 Å². The SMILES string of the molecule is CC(C)(CCNC(=O)[C@@H]1CCCOC1)C1CC1. The van der Waals surface area contributed by atoms with Crippen molar-refractivity contribution in [1.29, 1.82) is 0 Å². The molecule has 17 heavy (non-hydrogen) atoms. The van der Waals surface area contributed by atoms with Crippen molar-refractivity contribution in [3.8, 4) is 0 Å². The molecular weight excluding hydrogens is 214 g/mol. The number of hydrogen-bond acceptors (Lipinski definition) is 2. The Hall–Kier alpha value is -0.570. The van der Waals surface area contributed by atoms with E-state index in [9.17, 15) is 4.79 Å². The molecule has 98 valence electrons. The Bertz CT molecular complexity index is 265. The van der Waals surface area contributed by atoms with Crippen LogP contribution >= 0.6 is 0 Å². The van der Waals surface area contributed by atoms with Crippen LogP contribution in [-0.4, -0.2) is 25.7 Å². The van der Waals surface area contributed by atoms with E-state index in [1.54, 1.807) is 0 Å². The average Bonchev–Trinajstić information content (AvgIpc) is 3.14. The third-order valence-electron chi connectivity index (χ3n) is 4.28. The lowest BCUT2D eigenvalue weighted by molar-refractivity contribution is -0.129. The lowest BCUT2D eigenvalue weighted by atomic mass is 9.84. The molecule has 0 aromatic carbocycles. The zero-order chi connectivity index (χ0) is 12.3. The zero-order valence-corrected chi connectivity index (χ0v) is 11.1. The molecule has 1 aliphatic heterocycles. The lowest BCUT2D eigenvalue weighted by Crippen LogP contribution is -2.37. The Morgan fingerprint density at radius 3 is 2.71 bits per heavy atom. The summed E-state index contributed by atoms with van der Waals surface area (Å²) in [7, 11) is 0. The van der Waals surface area contributed by atoms with Crippen LogP contribution in [0.5, 0.6) is 0 Å². The standard InChI is InChI=1S/C14H25NO2/c1-14(2,12-5-6-12)7-8-15-13(16)11-4-3-9-17-10-11/h11-12H,3-10H2,1-2H3,(H,15,16)/t11-/m1/s1. The molecule has 2 fully saturated rings. The van der Waals surface area contributed by atoms with E-state index in [4.69, 9.17) is 4.74 Å². The van der Waals surface area contributed by atoms with Crippen molar-refractivity contribution < 1.29 is 9.53 Å². The van der Waals surface area contributed by atoms with E-state index in [1.807, 2.05) is 0 Å². The lowest BCUT2D eigenvalue weighted by Gasteiger charge is -2.26.